The van der Waals surface area contributed by atoms with E-state index in [1.54, 1.807) is 12.3 Å². The van der Waals surface area contributed by atoms with Crippen molar-refractivity contribution in [1.29, 1.82) is 0 Å². The minimum absolute atomic E-state index is 0.245. The lowest BCUT2D eigenvalue weighted by atomic mass is 10.1. The highest BCUT2D eigenvalue weighted by Crippen LogP contribution is 2.29. The topological polar surface area (TPSA) is 40.7 Å². The first kappa shape index (κ1) is 12.4. The number of allylic oxidation sites excluding steroid dienone is 1. The van der Waals surface area contributed by atoms with E-state index in [0.29, 0.717) is 0 Å². The Hall–Kier alpha value is -2.62. The number of rotatable bonds is 3. The zero-order valence-electron chi connectivity index (χ0n) is 11.1. The standard InChI is InChI=1S/C16H14FN3/c1-10(2)20-16-6-3-11(8-19-16)14-9-18-15-7-12(17)4-5-13(14)15/h3-9,18H,1H2,2H3,(H,19,20). The largest absolute Gasteiger partial charge is 0.360 e. The van der Waals surface area contributed by atoms with Crippen LogP contribution >= 0.6 is 0 Å². The zero-order chi connectivity index (χ0) is 14.1. The smallest absolute Gasteiger partial charge is 0.130 e. The third-order valence-corrected chi connectivity index (χ3v) is 3.06. The van der Waals surface area contributed by atoms with Gasteiger partial charge in [-0.25, -0.2) is 9.37 Å². The Morgan fingerprint density at radius 3 is 2.85 bits per heavy atom. The Kier molecular flexibility index (Phi) is 2.99. The van der Waals surface area contributed by atoms with Crippen LogP contribution in [0.25, 0.3) is 22.0 Å². The molecule has 4 heteroatoms. The van der Waals surface area contributed by atoms with Crippen molar-refractivity contribution in [2.24, 2.45) is 0 Å². The second kappa shape index (κ2) is 4.81. The van der Waals surface area contributed by atoms with E-state index in [1.807, 2.05) is 25.3 Å². The van der Waals surface area contributed by atoms with Crippen molar-refractivity contribution in [3.8, 4) is 11.1 Å². The lowest BCUT2D eigenvalue weighted by molar-refractivity contribution is 0.629. The Morgan fingerprint density at radius 2 is 2.15 bits per heavy atom. The van der Waals surface area contributed by atoms with Gasteiger partial charge in [0.05, 0.1) is 0 Å². The van der Waals surface area contributed by atoms with E-state index in [0.717, 1.165) is 33.5 Å². The van der Waals surface area contributed by atoms with Crippen molar-refractivity contribution in [2.45, 2.75) is 6.92 Å². The summed E-state index contributed by atoms with van der Waals surface area (Å²) in [5, 5.41) is 4.04. The highest BCUT2D eigenvalue weighted by atomic mass is 19.1. The van der Waals surface area contributed by atoms with Crippen LogP contribution in [0.2, 0.25) is 0 Å². The number of fused-ring (bicyclic) bond motifs is 1. The van der Waals surface area contributed by atoms with Gasteiger partial charge >= 0.3 is 0 Å². The Morgan fingerprint density at radius 1 is 1.30 bits per heavy atom. The third kappa shape index (κ3) is 2.28. The molecule has 0 saturated carbocycles. The molecule has 0 bridgehead atoms. The molecule has 0 saturated heterocycles. The zero-order valence-corrected chi connectivity index (χ0v) is 11.1. The van der Waals surface area contributed by atoms with Gasteiger partial charge in [0, 0.05) is 40.1 Å². The minimum Gasteiger partial charge on any atom is -0.360 e. The summed E-state index contributed by atoms with van der Waals surface area (Å²) in [4.78, 5) is 7.42. The molecule has 0 unspecified atom stereocenters. The number of halogens is 1. The molecule has 0 spiro atoms. The second-order valence-electron chi connectivity index (χ2n) is 4.73. The highest BCUT2D eigenvalue weighted by molar-refractivity contribution is 5.95. The van der Waals surface area contributed by atoms with Crippen molar-refractivity contribution in [1.82, 2.24) is 9.97 Å². The summed E-state index contributed by atoms with van der Waals surface area (Å²) < 4.78 is 13.2. The molecule has 3 nitrogen and oxygen atoms in total. The third-order valence-electron chi connectivity index (χ3n) is 3.06. The maximum Gasteiger partial charge on any atom is 0.130 e. The predicted octanol–water partition coefficient (Wildman–Crippen LogP) is 4.31. The number of hydrogen-bond acceptors (Lipinski definition) is 2. The molecule has 0 fully saturated rings. The highest BCUT2D eigenvalue weighted by Gasteiger charge is 2.07. The van der Waals surface area contributed by atoms with Crippen LogP contribution in [0, 0.1) is 5.82 Å². The van der Waals surface area contributed by atoms with Gasteiger partial charge in [0.25, 0.3) is 0 Å². The number of pyridine rings is 1. The Balaban J connectivity index is 2.00. The molecule has 20 heavy (non-hydrogen) atoms. The number of benzene rings is 1. The average Bonchev–Trinajstić information content (AvgIpc) is 2.82. The first-order chi connectivity index (χ1) is 9.63. The number of H-pyrrole nitrogens is 1. The molecule has 2 aromatic heterocycles. The van der Waals surface area contributed by atoms with Crippen molar-refractivity contribution in [3.05, 3.63) is 60.8 Å². The summed E-state index contributed by atoms with van der Waals surface area (Å²) in [5.74, 6) is 0.511. The van der Waals surface area contributed by atoms with Crippen LogP contribution in [0.1, 0.15) is 6.92 Å². The van der Waals surface area contributed by atoms with Gasteiger partial charge in [-0.15, -0.1) is 0 Å². The summed E-state index contributed by atoms with van der Waals surface area (Å²) in [6.45, 7) is 5.66. The number of aromatic nitrogens is 2. The number of nitrogens with zero attached hydrogens (tertiary/aromatic N) is 1. The summed E-state index contributed by atoms with van der Waals surface area (Å²) >= 11 is 0. The fraction of sp³-hybridized carbons (Fsp3) is 0.0625. The van der Waals surface area contributed by atoms with Gasteiger partial charge in [-0.1, -0.05) is 6.58 Å². The lowest BCUT2D eigenvalue weighted by Gasteiger charge is -2.05. The minimum atomic E-state index is -0.245. The quantitative estimate of drug-likeness (QED) is 0.742. The van der Waals surface area contributed by atoms with Crippen LogP contribution in [0.5, 0.6) is 0 Å². The van der Waals surface area contributed by atoms with E-state index in [1.165, 1.54) is 12.1 Å². The van der Waals surface area contributed by atoms with Crippen molar-refractivity contribution < 1.29 is 4.39 Å². The second-order valence-corrected chi connectivity index (χ2v) is 4.73. The van der Waals surface area contributed by atoms with Gasteiger partial charge in [0.15, 0.2) is 0 Å². The van der Waals surface area contributed by atoms with E-state index >= 15 is 0 Å². The van der Waals surface area contributed by atoms with Crippen molar-refractivity contribution in [3.63, 3.8) is 0 Å². The van der Waals surface area contributed by atoms with Crippen LogP contribution < -0.4 is 5.32 Å². The van der Waals surface area contributed by atoms with Crippen LogP contribution in [0.3, 0.4) is 0 Å². The summed E-state index contributed by atoms with van der Waals surface area (Å²) in [7, 11) is 0. The molecule has 2 heterocycles. The van der Waals surface area contributed by atoms with Gasteiger partial charge in [0.1, 0.15) is 11.6 Å². The summed E-state index contributed by atoms with van der Waals surface area (Å²) in [5.41, 5.74) is 3.61. The van der Waals surface area contributed by atoms with E-state index in [2.05, 4.69) is 21.9 Å². The van der Waals surface area contributed by atoms with Crippen LogP contribution in [-0.4, -0.2) is 9.97 Å². The molecular formula is C16H14FN3. The van der Waals surface area contributed by atoms with E-state index in [9.17, 15) is 4.39 Å². The number of hydrogen-bond donors (Lipinski definition) is 2. The molecule has 2 N–H and O–H groups in total. The van der Waals surface area contributed by atoms with Crippen LogP contribution in [-0.2, 0) is 0 Å². The molecule has 3 aromatic rings. The fourth-order valence-corrected chi connectivity index (χ4v) is 2.18. The van der Waals surface area contributed by atoms with Gasteiger partial charge in [-0.05, 0) is 37.3 Å². The van der Waals surface area contributed by atoms with Gasteiger partial charge in [-0.2, -0.15) is 0 Å². The maximum absolute atomic E-state index is 13.2. The Labute approximate surface area is 116 Å². The first-order valence-electron chi connectivity index (χ1n) is 6.29. The van der Waals surface area contributed by atoms with Gasteiger partial charge in [0.2, 0.25) is 0 Å². The van der Waals surface area contributed by atoms with E-state index < -0.39 is 0 Å². The SMILES string of the molecule is C=C(C)Nc1ccc(-c2c[nH]c3cc(F)ccc23)cn1. The van der Waals surface area contributed by atoms with Gasteiger partial charge < -0.3 is 10.3 Å². The predicted molar refractivity (Wildman–Crippen MR) is 79.9 cm³/mol. The maximum atomic E-state index is 13.2. The summed E-state index contributed by atoms with van der Waals surface area (Å²) in [6.07, 6.45) is 3.66. The van der Waals surface area contributed by atoms with E-state index in [4.69, 9.17) is 0 Å². The molecular weight excluding hydrogens is 253 g/mol. The average molecular weight is 267 g/mol. The molecule has 0 atom stereocenters. The molecule has 1 aromatic carbocycles. The Bertz CT molecular complexity index is 772. The summed E-state index contributed by atoms with van der Waals surface area (Å²) in [6, 6.07) is 8.60. The number of nitrogens with one attached hydrogen (secondary N) is 2. The first-order valence-corrected chi connectivity index (χ1v) is 6.29. The van der Waals surface area contributed by atoms with Crippen molar-refractivity contribution in [2.75, 3.05) is 5.32 Å². The molecule has 0 aliphatic carbocycles. The molecule has 0 radical (unpaired) electrons. The monoisotopic (exact) mass is 267 g/mol. The van der Waals surface area contributed by atoms with Crippen LogP contribution in [0.15, 0.2) is 55.0 Å². The lowest BCUT2D eigenvalue weighted by Crippen LogP contribution is -1.95. The molecule has 0 aliphatic heterocycles. The molecule has 0 aliphatic rings. The molecule has 0 amide bonds. The molecule has 100 valence electrons. The number of anilines is 1. The van der Waals surface area contributed by atoms with Crippen molar-refractivity contribution >= 4 is 16.7 Å². The van der Waals surface area contributed by atoms with Crippen LogP contribution in [0.4, 0.5) is 10.2 Å². The molecule has 3 rings (SSSR count). The number of aromatic amines is 1. The fourth-order valence-electron chi connectivity index (χ4n) is 2.18. The van der Waals surface area contributed by atoms with Gasteiger partial charge in [-0.3, -0.25) is 0 Å². The normalized spacial score (nSPS) is 10.7. The van der Waals surface area contributed by atoms with E-state index in [-0.39, 0.29) is 5.82 Å².